The number of hydrogen-bond acceptors (Lipinski definition) is 5. The highest BCUT2D eigenvalue weighted by molar-refractivity contribution is 6.30. The largest absolute Gasteiger partial charge is 0.488 e. The second-order valence-corrected chi connectivity index (χ2v) is 11.3. The van der Waals surface area contributed by atoms with E-state index in [9.17, 15) is 9.59 Å². The van der Waals surface area contributed by atoms with Gasteiger partial charge in [0.15, 0.2) is 11.2 Å². The number of rotatable bonds is 7. The summed E-state index contributed by atoms with van der Waals surface area (Å²) in [6.07, 6.45) is 0. The third-order valence-corrected chi connectivity index (χ3v) is 6.65. The molecule has 0 bridgehead atoms. The summed E-state index contributed by atoms with van der Waals surface area (Å²) in [5.41, 5.74) is 0.726. The van der Waals surface area contributed by atoms with E-state index in [-0.39, 0.29) is 30.3 Å². The van der Waals surface area contributed by atoms with Gasteiger partial charge in [-0.25, -0.2) is 4.79 Å². The van der Waals surface area contributed by atoms with Crippen LogP contribution < -0.4 is 20.7 Å². The van der Waals surface area contributed by atoms with Gasteiger partial charge in [0.25, 0.3) is 5.56 Å². The highest BCUT2D eigenvalue weighted by atomic mass is 35.5. The minimum absolute atomic E-state index is 0.0765. The van der Waals surface area contributed by atoms with Crippen LogP contribution in [0.4, 0.5) is 0 Å². The number of aryl methyl sites for hydroxylation is 1. The molecule has 0 saturated heterocycles. The summed E-state index contributed by atoms with van der Waals surface area (Å²) in [5.74, 6) is 1.10. The zero-order valence-electron chi connectivity index (χ0n) is 22.5. The lowest BCUT2D eigenvalue weighted by Crippen LogP contribution is -2.40. The van der Waals surface area contributed by atoms with Crippen molar-refractivity contribution in [3.8, 4) is 17.5 Å². The zero-order chi connectivity index (χ0) is 28.6. The van der Waals surface area contributed by atoms with Crippen LogP contribution in [-0.4, -0.2) is 24.3 Å². The van der Waals surface area contributed by atoms with Crippen molar-refractivity contribution in [1.82, 2.24) is 18.7 Å². The number of hydrogen-bond donors (Lipinski definition) is 0. The average molecular weight is 579 g/mol. The number of imidazole rings is 1. The summed E-state index contributed by atoms with van der Waals surface area (Å²) in [6.45, 7) is 6.22. The van der Waals surface area contributed by atoms with Gasteiger partial charge in [-0.1, -0.05) is 53.5 Å². The predicted molar refractivity (Wildman–Crippen MR) is 157 cm³/mol. The second kappa shape index (κ2) is 10.9. The molecule has 0 spiro atoms. The number of halogens is 2. The molecule has 5 rings (SSSR count). The second-order valence-electron chi connectivity index (χ2n) is 10.4. The molecule has 0 unspecified atom stereocenters. The van der Waals surface area contributed by atoms with Crippen molar-refractivity contribution >= 4 is 34.4 Å². The molecule has 3 aromatic carbocycles. The molecule has 0 saturated carbocycles. The third-order valence-electron chi connectivity index (χ3n) is 6.14. The molecule has 2 aromatic heterocycles. The highest BCUT2D eigenvalue weighted by Crippen LogP contribution is 2.29. The standard InChI is InChI=1S/C30H28Cl2N4O4/c1-30(2,3)40-24-7-5-6-23(16-24)39-28-33-26-25(35(28)17-19-8-12-21(31)13-9-19)27(37)36(29(38)34(26)4)18-20-10-14-22(32)15-11-20/h5-16H,17-18H2,1-4H3. The van der Waals surface area contributed by atoms with Gasteiger partial charge in [0.05, 0.1) is 13.1 Å². The zero-order valence-corrected chi connectivity index (χ0v) is 24.0. The maximum atomic E-state index is 13.9. The molecular weight excluding hydrogens is 551 g/mol. The van der Waals surface area contributed by atoms with Crippen LogP contribution in [0.15, 0.2) is 82.4 Å². The van der Waals surface area contributed by atoms with Gasteiger partial charge >= 0.3 is 11.7 Å². The Bertz CT molecular complexity index is 1800. The Morgan fingerprint density at radius 1 is 0.800 bits per heavy atom. The molecule has 40 heavy (non-hydrogen) atoms. The summed E-state index contributed by atoms with van der Waals surface area (Å²) >= 11 is 12.1. The van der Waals surface area contributed by atoms with E-state index in [0.717, 1.165) is 11.1 Å². The molecule has 0 radical (unpaired) electrons. The van der Waals surface area contributed by atoms with Crippen LogP contribution in [0.5, 0.6) is 17.5 Å². The first-order valence-corrected chi connectivity index (χ1v) is 13.4. The molecule has 0 amide bonds. The molecule has 0 fully saturated rings. The number of ether oxygens (including phenoxy) is 2. The van der Waals surface area contributed by atoms with Crippen molar-refractivity contribution in [2.75, 3.05) is 0 Å². The van der Waals surface area contributed by atoms with E-state index in [1.165, 1.54) is 9.13 Å². The first kappa shape index (κ1) is 27.6. The lowest BCUT2D eigenvalue weighted by Gasteiger charge is -2.21. The van der Waals surface area contributed by atoms with Crippen LogP contribution in [0.3, 0.4) is 0 Å². The topological polar surface area (TPSA) is 80.3 Å². The van der Waals surface area contributed by atoms with Crippen molar-refractivity contribution < 1.29 is 9.47 Å². The molecule has 10 heteroatoms. The van der Waals surface area contributed by atoms with E-state index in [4.69, 9.17) is 32.7 Å². The van der Waals surface area contributed by atoms with Crippen LogP contribution in [0.25, 0.3) is 11.2 Å². The van der Waals surface area contributed by atoms with Crippen molar-refractivity contribution in [2.45, 2.75) is 39.5 Å². The lowest BCUT2D eigenvalue weighted by atomic mass is 10.2. The quantitative estimate of drug-likeness (QED) is 0.227. The normalized spacial score (nSPS) is 11.7. The summed E-state index contributed by atoms with van der Waals surface area (Å²) in [7, 11) is 1.59. The molecule has 0 aliphatic heterocycles. The van der Waals surface area contributed by atoms with E-state index < -0.39 is 16.9 Å². The van der Waals surface area contributed by atoms with Gasteiger partial charge in [-0.2, -0.15) is 4.98 Å². The summed E-state index contributed by atoms with van der Waals surface area (Å²) in [4.78, 5) is 31.8. The Morgan fingerprint density at radius 2 is 1.35 bits per heavy atom. The Balaban J connectivity index is 1.65. The SMILES string of the molecule is Cn1c(=O)n(Cc2ccc(Cl)cc2)c(=O)c2c1nc(Oc1cccc(OC(C)(C)C)c1)n2Cc1ccc(Cl)cc1. The predicted octanol–water partition coefficient (Wildman–Crippen LogP) is 6.27. The average Bonchev–Trinajstić information content (AvgIpc) is 3.24. The third kappa shape index (κ3) is 5.93. The van der Waals surface area contributed by atoms with E-state index in [1.54, 1.807) is 60.1 Å². The maximum absolute atomic E-state index is 13.9. The summed E-state index contributed by atoms with van der Waals surface area (Å²) in [5, 5.41) is 1.17. The van der Waals surface area contributed by atoms with Crippen molar-refractivity contribution in [3.05, 3.63) is 115 Å². The molecule has 2 heterocycles. The molecule has 5 aromatic rings. The Hall–Kier alpha value is -4.01. The fraction of sp³-hybridized carbons (Fsp3) is 0.233. The molecule has 0 N–H and O–H groups in total. The molecule has 206 valence electrons. The fourth-order valence-corrected chi connectivity index (χ4v) is 4.57. The molecule has 0 aliphatic carbocycles. The molecular formula is C30H28Cl2N4O4. The number of aromatic nitrogens is 4. The fourth-order valence-electron chi connectivity index (χ4n) is 4.32. The minimum atomic E-state index is -0.490. The Morgan fingerprint density at radius 3 is 1.93 bits per heavy atom. The number of nitrogens with zero attached hydrogens (tertiary/aromatic N) is 4. The van der Waals surface area contributed by atoms with Gasteiger partial charge in [0.2, 0.25) is 0 Å². The molecule has 8 nitrogen and oxygen atoms in total. The van der Waals surface area contributed by atoms with E-state index in [2.05, 4.69) is 4.98 Å². The first-order valence-electron chi connectivity index (χ1n) is 12.6. The molecule has 0 atom stereocenters. The Kier molecular flexibility index (Phi) is 7.49. The monoisotopic (exact) mass is 578 g/mol. The van der Waals surface area contributed by atoms with Crippen LogP contribution in [0.1, 0.15) is 31.9 Å². The van der Waals surface area contributed by atoms with Crippen molar-refractivity contribution in [1.29, 1.82) is 0 Å². The van der Waals surface area contributed by atoms with E-state index >= 15 is 0 Å². The molecule has 0 aliphatic rings. The van der Waals surface area contributed by atoms with Crippen LogP contribution in [0, 0.1) is 0 Å². The van der Waals surface area contributed by atoms with Gasteiger partial charge in [0.1, 0.15) is 17.1 Å². The lowest BCUT2D eigenvalue weighted by molar-refractivity contribution is 0.130. The minimum Gasteiger partial charge on any atom is -0.488 e. The van der Waals surface area contributed by atoms with Crippen LogP contribution >= 0.6 is 23.2 Å². The van der Waals surface area contributed by atoms with Gasteiger partial charge in [-0.15, -0.1) is 0 Å². The maximum Gasteiger partial charge on any atom is 0.332 e. The van der Waals surface area contributed by atoms with Crippen molar-refractivity contribution in [2.24, 2.45) is 7.05 Å². The Labute approximate surface area is 240 Å². The van der Waals surface area contributed by atoms with Crippen LogP contribution in [0.2, 0.25) is 10.0 Å². The van der Waals surface area contributed by atoms with Gasteiger partial charge in [-0.05, 0) is 68.3 Å². The van der Waals surface area contributed by atoms with Crippen molar-refractivity contribution in [3.63, 3.8) is 0 Å². The van der Waals surface area contributed by atoms with E-state index in [1.807, 2.05) is 45.0 Å². The smallest absolute Gasteiger partial charge is 0.332 e. The number of benzene rings is 3. The van der Waals surface area contributed by atoms with Gasteiger partial charge < -0.3 is 9.47 Å². The highest BCUT2D eigenvalue weighted by Gasteiger charge is 2.22. The van der Waals surface area contributed by atoms with E-state index in [0.29, 0.717) is 21.5 Å². The summed E-state index contributed by atoms with van der Waals surface area (Å²) in [6, 6.07) is 21.6. The van der Waals surface area contributed by atoms with Gasteiger partial charge in [0, 0.05) is 23.2 Å². The summed E-state index contributed by atoms with van der Waals surface area (Å²) < 4.78 is 16.4. The first-order chi connectivity index (χ1) is 19.0. The number of fused-ring (bicyclic) bond motifs is 1. The van der Waals surface area contributed by atoms with Gasteiger partial charge in [-0.3, -0.25) is 18.5 Å². The van der Waals surface area contributed by atoms with Crippen LogP contribution in [-0.2, 0) is 20.1 Å².